The zero-order valence-corrected chi connectivity index (χ0v) is 14.9. The van der Waals surface area contributed by atoms with E-state index in [-0.39, 0.29) is 24.0 Å². The van der Waals surface area contributed by atoms with E-state index in [4.69, 9.17) is 5.11 Å². The molecule has 1 aliphatic rings. The Morgan fingerprint density at radius 3 is 2.50 bits per heavy atom. The topological polar surface area (TPSA) is 137 Å². The second kappa shape index (κ2) is 7.78. The lowest BCUT2D eigenvalue weighted by Gasteiger charge is -2.08. The number of imide groups is 1. The smallest absolute Gasteiger partial charge is 0.303 e. The van der Waals surface area contributed by atoms with Crippen molar-refractivity contribution in [3.05, 3.63) is 53.1 Å². The highest BCUT2D eigenvalue weighted by molar-refractivity contribution is 6.21. The van der Waals surface area contributed by atoms with Gasteiger partial charge in [0.2, 0.25) is 5.91 Å². The Hall–Kier alpha value is -3.88. The normalized spacial score (nSPS) is 12.8. The van der Waals surface area contributed by atoms with E-state index in [1.807, 2.05) is 6.92 Å². The highest BCUT2D eigenvalue weighted by Crippen LogP contribution is 2.29. The van der Waals surface area contributed by atoms with Crippen LogP contribution in [0, 0.1) is 6.92 Å². The van der Waals surface area contributed by atoms with Gasteiger partial charge in [0.05, 0.1) is 28.9 Å². The van der Waals surface area contributed by atoms with Gasteiger partial charge < -0.3 is 10.4 Å². The lowest BCUT2D eigenvalue weighted by atomic mass is 10.1. The van der Waals surface area contributed by atoms with Crippen LogP contribution in [0.3, 0.4) is 0 Å². The Balaban J connectivity index is 1.82. The zero-order valence-electron chi connectivity index (χ0n) is 14.9. The van der Waals surface area contributed by atoms with Crippen LogP contribution in [0.5, 0.6) is 0 Å². The summed E-state index contributed by atoms with van der Waals surface area (Å²) in [5.74, 6) is -2.44. The first kappa shape index (κ1) is 18.9. The van der Waals surface area contributed by atoms with Crippen LogP contribution in [0.15, 0.2) is 46.6 Å². The van der Waals surface area contributed by atoms with Crippen LogP contribution in [-0.4, -0.2) is 28.8 Å². The second-order valence-electron chi connectivity index (χ2n) is 6.18. The number of azo groups is 1. The Morgan fingerprint density at radius 2 is 1.75 bits per heavy atom. The minimum atomic E-state index is -1.06. The molecule has 3 amide bonds. The van der Waals surface area contributed by atoms with E-state index in [0.29, 0.717) is 17.1 Å². The molecule has 9 heteroatoms. The van der Waals surface area contributed by atoms with Crippen LogP contribution in [-0.2, 0) is 9.59 Å². The monoisotopic (exact) mass is 380 g/mol. The summed E-state index contributed by atoms with van der Waals surface area (Å²) >= 11 is 0. The quantitative estimate of drug-likeness (QED) is 0.522. The van der Waals surface area contributed by atoms with Gasteiger partial charge in [0.1, 0.15) is 5.69 Å². The molecule has 0 saturated carbocycles. The van der Waals surface area contributed by atoms with Gasteiger partial charge in [-0.2, -0.15) is 5.11 Å². The first-order valence-corrected chi connectivity index (χ1v) is 8.37. The van der Waals surface area contributed by atoms with Crippen molar-refractivity contribution in [1.29, 1.82) is 0 Å². The van der Waals surface area contributed by atoms with Crippen LogP contribution >= 0.6 is 0 Å². The molecule has 1 aliphatic heterocycles. The summed E-state index contributed by atoms with van der Waals surface area (Å²) in [6.45, 7) is 1.84. The fourth-order valence-corrected chi connectivity index (χ4v) is 2.60. The van der Waals surface area contributed by atoms with E-state index in [0.717, 1.165) is 5.56 Å². The Morgan fingerprint density at radius 1 is 1.00 bits per heavy atom. The fraction of sp³-hybridized carbons (Fsp3) is 0.158. The minimum absolute atomic E-state index is 0.159. The molecular weight excluding hydrogens is 364 g/mol. The number of rotatable bonds is 6. The molecule has 0 unspecified atom stereocenters. The van der Waals surface area contributed by atoms with E-state index >= 15 is 0 Å². The molecule has 0 atom stereocenters. The Labute approximate surface area is 159 Å². The van der Waals surface area contributed by atoms with Gasteiger partial charge in [0, 0.05) is 6.42 Å². The number of nitrogens with zero attached hydrogens (tertiary/aromatic N) is 2. The number of amides is 3. The third-order valence-electron chi connectivity index (χ3n) is 3.98. The number of benzene rings is 2. The van der Waals surface area contributed by atoms with Gasteiger partial charge >= 0.3 is 5.97 Å². The molecule has 142 valence electrons. The number of anilines is 1. The summed E-state index contributed by atoms with van der Waals surface area (Å²) in [5, 5.41) is 21.7. The molecule has 0 aromatic heterocycles. The number of hydrogen-bond acceptors (Lipinski definition) is 6. The highest BCUT2D eigenvalue weighted by atomic mass is 16.4. The highest BCUT2D eigenvalue weighted by Gasteiger charge is 2.26. The first-order chi connectivity index (χ1) is 13.3. The summed E-state index contributed by atoms with van der Waals surface area (Å²) in [6.07, 6.45) is -0.432. The molecule has 1 heterocycles. The summed E-state index contributed by atoms with van der Waals surface area (Å²) in [7, 11) is 0. The molecule has 0 fully saturated rings. The second-order valence-corrected chi connectivity index (χ2v) is 6.18. The van der Waals surface area contributed by atoms with Gasteiger partial charge in [-0.25, -0.2) is 0 Å². The van der Waals surface area contributed by atoms with Crippen molar-refractivity contribution >= 4 is 40.8 Å². The first-order valence-electron chi connectivity index (χ1n) is 8.37. The number of carbonyl (C=O) groups is 4. The van der Waals surface area contributed by atoms with Gasteiger partial charge in [-0.1, -0.05) is 6.07 Å². The van der Waals surface area contributed by atoms with Crippen molar-refractivity contribution in [3.8, 4) is 0 Å². The molecule has 2 aromatic rings. The predicted molar refractivity (Wildman–Crippen MR) is 99.1 cm³/mol. The van der Waals surface area contributed by atoms with Gasteiger partial charge in [0.25, 0.3) is 11.8 Å². The maximum Gasteiger partial charge on any atom is 0.303 e. The summed E-state index contributed by atoms with van der Waals surface area (Å²) in [5.41, 5.74) is 2.52. The zero-order chi connectivity index (χ0) is 20.3. The van der Waals surface area contributed by atoms with E-state index in [1.165, 1.54) is 12.1 Å². The molecule has 28 heavy (non-hydrogen) atoms. The standard InChI is InChI=1S/C19H16N4O5/c1-10-2-5-14(15(8-10)20-16(24)6-7-17(25)26)23-22-11-3-4-12-13(9-11)19(28)21-18(12)27/h2-5,8-9H,6-7H2,1H3,(H,20,24)(H,25,26)(H,21,27,28). The SMILES string of the molecule is Cc1ccc(N=Nc2ccc3c(c2)C(=O)NC3=O)c(NC(=O)CCC(=O)O)c1. The van der Waals surface area contributed by atoms with Crippen molar-refractivity contribution in [2.24, 2.45) is 10.2 Å². The lowest BCUT2D eigenvalue weighted by Crippen LogP contribution is -2.19. The molecule has 0 spiro atoms. The minimum Gasteiger partial charge on any atom is -0.481 e. The largest absolute Gasteiger partial charge is 0.481 e. The molecular formula is C19H16N4O5. The van der Waals surface area contributed by atoms with Crippen molar-refractivity contribution in [1.82, 2.24) is 5.32 Å². The van der Waals surface area contributed by atoms with Crippen LogP contribution in [0.25, 0.3) is 0 Å². The van der Waals surface area contributed by atoms with E-state index < -0.39 is 23.7 Å². The molecule has 2 aromatic carbocycles. The molecule has 0 saturated heterocycles. The number of aryl methyl sites for hydroxylation is 1. The van der Waals surface area contributed by atoms with Crippen molar-refractivity contribution in [2.45, 2.75) is 19.8 Å². The molecule has 9 nitrogen and oxygen atoms in total. The van der Waals surface area contributed by atoms with Crippen molar-refractivity contribution in [2.75, 3.05) is 5.32 Å². The van der Waals surface area contributed by atoms with Gasteiger partial charge in [0.15, 0.2) is 0 Å². The predicted octanol–water partition coefficient (Wildman–Crippen LogP) is 3.10. The number of aliphatic carboxylic acids is 1. The van der Waals surface area contributed by atoms with E-state index in [9.17, 15) is 19.2 Å². The number of carbonyl (C=O) groups excluding carboxylic acids is 3. The van der Waals surface area contributed by atoms with Gasteiger partial charge in [-0.3, -0.25) is 24.5 Å². The van der Waals surface area contributed by atoms with Gasteiger partial charge in [-0.05, 0) is 42.8 Å². The molecule has 3 N–H and O–H groups in total. The Bertz CT molecular complexity index is 1030. The van der Waals surface area contributed by atoms with Crippen LogP contribution < -0.4 is 10.6 Å². The number of hydrogen-bond donors (Lipinski definition) is 3. The Kier molecular flexibility index (Phi) is 5.25. The third kappa shape index (κ3) is 4.26. The van der Waals surface area contributed by atoms with E-state index in [1.54, 1.807) is 24.3 Å². The summed E-state index contributed by atoms with van der Waals surface area (Å²) in [6, 6.07) is 9.65. The van der Waals surface area contributed by atoms with Gasteiger partial charge in [-0.15, -0.1) is 5.11 Å². The molecule has 0 radical (unpaired) electrons. The third-order valence-corrected chi connectivity index (χ3v) is 3.98. The molecule has 3 rings (SSSR count). The number of carboxylic acids is 1. The molecule has 0 aliphatic carbocycles. The lowest BCUT2D eigenvalue weighted by molar-refractivity contribution is -0.138. The maximum atomic E-state index is 11.9. The summed E-state index contributed by atoms with van der Waals surface area (Å²) < 4.78 is 0. The molecule has 0 bridgehead atoms. The number of nitrogens with one attached hydrogen (secondary N) is 2. The van der Waals surface area contributed by atoms with Crippen LogP contribution in [0.2, 0.25) is 0 Å². The summed E-state index contributed by atoms with van der Waals surface area (Å²) in [4.78, 5) is 45.8. The number of carboxylic acid groups (broad SMARTS) is 1. The van der Waals surface area contributed by atoms with Crippen LogP contribution in [0.1, 0.15) is 39.1 Å². The fourth-order valence-electron chi connectivity index (χ4n) is 2.60. The van der Waals surface area contributed by atoms with E-state index in [2.05, 4.69) is 20.9 Å². The average molecular weight is 380 g/mol. The maximum absolute atomic E-state index is 11.9. The van der Waals surface area contributed by atoms with Crippen LogP contribution in [0.4, 0.5) is 17.1 Å². The van der Waals surface area contributed by atoms with Crippen molar-refractivity contribution < 1.29 is 24.3 Å². The van der Waals surface area contributed by atoms with Crippen molar-refractivity contribution in [3.63, 3.8) is 0 Å². The average Bonchev–Trinajstić information content (AvgIpc) is 2.93. The number of fused-ring (bicyclic) bond motifs is 1.